The smallest absolute Gasteiger partial charge is 0.123 e. The molecular weight excluding hydrogens is 333 g/mol. The van der Waals surface area contributed by atoms with Crippen molar-refractivity contribution in [1.82, 2.24) is 4.98 Å². The standard InChI is InChI=1S/C25H20FN/c1-17-3-7-19(8-4-17)23-15-16-24(20-9-5-18(2)6-10-20)27-25(23)21-11-13-22(26)14-12-21/h3-16H,1-2H3. The summed E-state index contributed by atoms with van der Waals surface area (Å²) >= 11 is 0. The predicted octanol–water partition coefficient (Wildman–Crippen LogP) is 6.84. The van der Waals surface area contributed by atoms with E-state index < -0.39 is 0 Å². The van der Waals surface area contributed by atoms with Gasteiger partial charge in [0.2, 0.25) is 0 Å². The van der Waals surface area contributed by atoms with E-state index in [4.69, 9.17) is 4.98 Å². The number of hydrogen-bond donors (Lipinski definition) is 0. The van der Waals surface area contributed by atoms with Gasteiger partial charge in [-0.25, -0.2) is 9.37 Å². The summed E-state index contributed by atoms with van der Waals surface area (Å²) in [6.07, 6.45) is 0. The van der Waals surface area contributed by atoms with Crippen LogP contribution in [0.4, 0.5) is 4.39 Å². The van der Waals surface area contributed by atoms with Crippen molar-refractivity contribution in [3.05, 3.63) is 102 Å². The molecule has 2 heteroatoms. The second-order valence-electron chi connectivity index (χ2n) is 6.83. The molecule has 0 atom stereocenters. The van der Waals surface area contributed by atoms with Gasteiger partial charge in [-0.15, -0.1) is 0 Å². The molecule has 0 radical (unpaired) electrons. The van der Waals surface area contributed by atoms with E-state index in [1.54, 1.807) is 12.1 Å². The summed E-state index contributed by atoms with van der Waals surface area (Å²) in [7, 11) is 0. The predicted molar refractivity (Wildman–Crippen MR) is 110 cm³/mol. The van der Waals surface area contributed by atoms with Gasteiger partial charge in [0.05, 0.1) is 11.4 Å². The largest absolute Gasteiger partial charge is 0.247 e. The lowest BCUT2D eigenvalue weighted by molar-refractivity contribution is 0.628. The SMILES string of the molecule is Cc1ccc(-c2ccc(-c3ccc(C)cc3)c(-c3ccc(F)cc3)n2)cc1. The van der Waals surface area contributed by atoms with E-state index in [1.807, 2.05) is 6.07 Å². The third-order valence-corrected chi connectivity index (χ3v) is 4.72. The average molecular weight is 353 g/mol. The van der Waals surface area contributed by atoms with Crippen molar-refractivity contribution in [2.75, 3.05) is 0 Å². The maximum atomic E-state index is 13.4. The Hall–Kier alpha value is -3.26. The van der Waals surface area contributed by atoms with E-state index in [9.17, 15) is 4.39 Å². The highest BCUT2D eigenvalue weighted by molar-refractivity contribution is 5.82. The molecule has 0 amide bonds. The molecule has 132 valence electrons. The normalized spacial score (nSPS) is 10.8. The Morgan fingerprint density at radius 1 is 0.556 bits per heavy atom. The van der Waals surface area contributed by atoms with Crippen LogP contribution in [0.5, 0.6) is 0 Å². The Kier molecular flexibility index (Phi) is 4.55. The number of aromatic nitrogens is 1. The van der Waals surface area contributed by atoms with Crippen LogP contribution in [0.15, 0.2) is 84.9 Å². The Labute approximate surface area is 159 Å². The summed E-state index contributed by atoms with van der Waals surface area (Å²) in [6, 6.07) is 27.4. The van der Waals surface area contributed by atoms with E-state index in [0.29, 0.717) is 0 Å². The molecule has 1 aromatic heterocycles. The van der Waals surface area contributed by atoms with Gasteiger partial charge in [0.15, 0.2) is 0 Å². The summed E-state index contributed by atoms with van der Waals surface area (Å²) in [5, 5.41) is 0. The quantitative estimate of drug-likeness (QED) is 0.393. The molecule has 0 aliphatic rings. The Morgan fingerprint density at radius 2 is 1.07 bits per heavy atom. The fraction of sp³-hybridized carbons (Fsp3) is 0.0800. The van der Waals surface area contributed by atoms with Gasteiger partial charge < -0.3 is 0 Å². The molecule has 3 aromatic carbocycles. The van der Waals surface area contributed by atoms with Gasteiger partial charge in [-0.2, -0.15) is 0 Å². The second kappa shape index (κ2) is 7.16. The van der Waals surface area contributed by atoms with Crippen LogP contribution in [0.25, 0.3) is 33.6 Å². The maximum absolute atomic E-state index is 13.4. The lowest BCUT2D eigenvalue weighted by atomic mass is 9.97. The minimum Gasteiger partial charge on any atom is -0.247 e. The molecule has 0 aliphatic carbocycles. The van der Waals surface area contributed by atoms with Crippen molar-refractivity contribution < 1.29 is 4.39 Å². The lowest BCUT2D eigenvalue weighted by Crippen LogP contribution is -1.93. The van der Waals surface area contributed by atoms with Gasteiger partial charge in [-0.1, -0.05) is 65.7 Å². The van der Waals surface area contributed by atoms with Crippen LogP contribution in [0, 0.1) is 19.7 Å². The van der Waals surface area contributed by atoms with Crippen LogP contribution in [-0.2, 0) is 0 Å². The van der Waals surface area contributed by atoms with E-state index >= 15 is 0 Å². The van der Waals surface area contributed by atoms with Gasteiger partial charge >= 0.3 is 0 Å². The first-order valence-electron chi connectivity index (χ1n) is 9.01. The molecule has 1 heterocycles. The minimum atomic E-state index is -0.245. The summed E-state index contributed by atoms with van der Waals surface area (Å²) in [5.74, 6) is -0.245. The summed E-state index contributed by atoms with van der Waals surface area (Å²) in [4.78, 5) is 4.95. The van der Waals surface area contributed by atoms with E-state index in [0.717, 1.165) is 33.6 Å². The van der Waals surface area contributed by atoms with E-state index in [1.165, 1.54) is 23.3 Å². The van der Waals surface area contributed by atoms with Crippen LogP contribution in [0.3, 0.4) is 0 Å². The number of aryl methyl sites for hydroxylation is 2. The Bertz CT molecular complexity index is 1060. The topological polar surface area (TPSA) is 12.9 Å². The van der Waals surface area contributed by atoms with E-state index in [-0.39, 0.29) is 5.82 Å². The molecule has 0 saturated heterocycles. The molecule has 0 saturated carbocycles. The van der Waals surface area contributed by atoms with Gasteiger partial charge in [0.25, 0.3) is 0 Å². The summed E-state index contributed by atoms with van der Waals surface area (Å²) < 4.78 is 13.4. The Morgan fingerprint density at radius 3 is 1.67 bits per heavy atom. The molecule has 1 nitrogen and oxygen atoms in total. The zero-order valence-corrected chi connectivity index (χ0v) is 15.4. The first-order valence-corrected chi connectivity index (χ1v) is 9.01. The highest BCUT2D eigenvalue weighted by Crippen LogP contribution is 2.33. The van der Waals surface area contributed by atoms with Gasteiger partial charge in [-0.3, -0.25) is 0 Å². The first-order chi connectivity index (χ1) is 13.1. The third kappa shape index (κ3) is 3.65. The fourth-order valence-electron chi connectivity index (χ4n) is 3.14. The molecule has 4 rings (SSSR count). The molecule has 4 aromatic rings. The lowest BCUT2D eigenvalue weighted by Gasteiger charge is -2.12. The molecule has 0 fully saturated rings. The van der Waals surface area contributed by atoms with Crippen LogP contribution in [-0.4, -0.2) is 4.98 Å². The summed E-state index contributed by atoms with van der Waals surface area (Å²) in [6.45, 7) is 4.14. The number of nitrogens with zero attached hydrogens (tertiary/aromatic N) is 1. The van der Waals surface area contributed by atoms with Crippen LogP contribution in [0.2, 0.25) is 0 Å². The maximum Gasteiger partial charge on any atom is 0.123 e. The number of hydrogen-bond acceptors (Lipinski definition) is 1. The number of halogens is 1. The van der Waals surface area contributed by atoms with Crippen molar-refractivity contribution in [2.24, 2.45) is 0 Å². The summed E-state index contributed by atoms with van der Waals surface area (Å²) in [5.41, 5.74) is 8.31. The molecule has 0 N–H and O–H groups in total. The van der Waals surface area contributed by atoms with Crippen molar-refractivity contribution in [1.29, 1.82) is 0 Å². The minimum absolute atomic E-state index is 0.245. The van der Waals surface area contributed by atoms with Crippen LogP contribution >= 0.6 is 0 Å². The van der Waals surface area contributed by atoms with Crippen molar-refractivity contribution in [3.63, 3.8) is 0 Å². The zero-order valence-electron chi connectivity index (χ0n) is 15.4. The average Bonchev–Trinajstić information content (AvgIpc) is 2.69. The highest BCUT2D eigenvalue weighted by Gasteiger charge is 2.12. The van der Waals surface area contributed by atoms with Crippen molar-refractivity contribution in [3.8, 4) is 33.6 Å². The number of rotatable bonds is 3. The second-order valence-corrected chi connectivity index (χ2v) is 6.83. The molecular formula is C25H20FN. The molecule has 0 bridgehead atoms. The number of pyridine rings is 1. The third-order valence-electron chi connectivity index (χ3n) is 4.72. The molecule has 27 heavy (non-hydrogen) atoms. The molecule has 0 unspecified atom stereocenters. The van der Waals surface area contributed by atoms with Gasteiger partial charge in [-0.05, 0) is 49.7 Å². The van der Waals surface area contributed by atoms with Crippen molar-refractivity contribution in [2.45, 2.75) is 13.8 Å². The zero-order chi connectivity index (χ0) is 18.8. The van der Waals surface area contributed by atoms with Crippen molar-refractivity contribution >= 4 is 0 Å². The fourth-order valence-corrected chi connectivity index (χ4v) is 3.14. The molecule has 0 spiro atoms. The molecule has 0 aliphatic heterocycles. The van der Waals surface area contributed by atoms with E-state index in [2.05, 4.69) is 68.4 Å². The van der Waals surface area contributed by atoms with Gasteiger partial charge in [0, 0.05) is 16.7 Å². The van der Waals surface area contributed by atoms with Crippen LogP contribution < -0.4 is 0 Å². The highest BCUT2D eigenvalue weighted by atomic mass is 19.1. The first kappa shape index (κ1) is 17.2. The van der Waals surface area contributed by atoms with Gasteiger partial charge in [0.1, 0.15) is 5.82 Å². The Balaban J connectivity index is 1.89. The number of benzene rings is 3. The van der Waals surface area contributed by atoms with Crippen LogP contribution in [0.1, 0.15) is 11.1 Å². The monoisotopic (exact) mass is 353 g/mol.